The fourth-order valence-corrected chi connectivity index (χ4v) is 3.47. The van der Waals surface area contributed by atoms with E-state index in [-0.39, 0.29) is 22.8 Å². The Hall–Kier alpha value is -2.32. The average Bonchev–Trinajstić information content (AvgIpc) is 3.12. The highest BCUT2D eigenvalue weighted by Crippen LogP contribution is 2.28. The van der Waals surface area contributed by atoms with Gasteiger partial charge in [-0.15, -0.1) is 5.10 Å². The number of piperidine rings is 1. The molecule has 0 unspecified atom stereocenters. The number of amides is 1. The lowest BCUT2D eigenvalue weighted by Crippen LogP contribution is -2.47. The molecule has 0 atom stereocenters. The molecular weight excluding hydrogens is 349 g/mol. The molecule has 7 nitrogen and oxygen atoms in total. The van der Waals surface area contributed by atoms with Crippen LogP contribution in [0.25, 0.3) is 5.69 Å². The highest BCUT2D eigenvalue weighted by Gasteiger charge is 2.33. The number of rotatable bonds is 7. The number of para-hydroxylation sites is 1. The normalized spacial score (nSPS) is 16.3. The van der Waals surface area contributed by atoms with Crippen molar-refractivity contribution >= 4 is 5.91 Å². The smallest absolute Gasteiger partial charge is 0.291 e. The first-order valence-corrected chi connectivity index (χ1v) is 9.27. The van der Waals surface area contributed by atoms with Gasteiger partial charge in [-0.3, -0.25) is 4.79 Å². The zero-order valence-corrected chi connectivity index (χ0v) is 15.8. The predicted octanol–water partition coefficient (Wildman–Crippen LogP) is 1.71. The number of methoxy groups -OCH3 is 1. The average molecular weight is 375 g/mol. The van der Waals surface area contributed by atoms with Gasteiger partial charge in [0, 0.05) is 25.5 Å². The van der Waals surface area contributed by atoms with Gasteiger partial charge in [-0.05, 0) is 38.1 Å². The molecule has 1 aliphatic heterocycles. The number of benzene rings is 1. The van der Waals surface area contributed by atoms with E-state index in [0.29, 0.717) is 25.4 Å². The van der Waals surface area contributed by atoms with E-state index < -0.39 is 5.82 Å². The highest BCUT2D eigenvalue weighted by molar-refractivity contribution is 5.90. The van der Waals surface area contributed by atoms with Crippen molar-refractivity contribution in [1.82, 2.24) is 25.4 Å². The van der Waals surface area contributed by atoms with E-state index in [1.165, 1.54) is 10.7 Å². The monoisotopic (exact) mass is 375 g/mol. The molecular formula is C19H26FN5O2. The van der Waals surface area contributed by atoms with Crippen molar-refractivity contribution in [1.29, 1.82) is 0 Å². The van der Waals surface area contributed by atoms with Crippen molar-refractivity contribution < 1.29 is 13.9 Å². The molecule has 0 radical (unpaired) electrons. The molecule has 0 saturated carbocycles. The number of carbonyl (C=O) groups is 1. The Balaban J connectivity index is 1.76. The molecule has 0 aliphatic carbocycles. The first-order valence-electron chi connectivity index (χ1n) is 9.27. The Labute approximate surface area is 158 Å². The van der Waals surface area contributed by atoms with Crippen molar-refractivity contribution in [2.24, 2.45) is 5.41 Å². The van der Waals surface area contributed by atoms with E-state index in [9.17, 15) is 9.18 Å². The number of nitrogens with one attached hydrogen (secondary N) is 2. The number of aryl methyl sites for hydroxylation is 1. The van der Waals surface area contributed by atoms with Gasteiger partial charge in [0.1, 0.15) is 17.3 Å². The summed E-state index contributed by atoms with van der Waals surface area (Å²) in [6.07, 6.45) is 2.39. The zero-order chi connectivity index (χ0) is 19.3. The Kier molecular flexibility index (Phi) is 6.18. The van der Waals surface area contributed by atoms with Gasteiger partial charge >= 0.3 is 0 Å². The van der Waals surface area contributed by atoms with E-state index in [2.05, 4.69) is 20.7 Å². The molecule has 1 aromatic heterocycles. The van der Waals surface area contributed by atoms with Gasteiger partial charge in [-0.1, -0.05) is 19.1 Å². The molecule has 0 bridgehead atoms. The summed E-state index contributed by atoms with van der Waals surface area (Å²) in [4.78, 5) is 16.9. The number of aromatic nitrogens is 3. The van der Waals surface area contributed by atoms with Crippen LogP contribution in [0.15, 0.2) is 24.3 Å². The molecule has 146 valence electrons. The van der Waals surface area contributed by atoms with E-state index in [4.69, 9.17) is 4.74 Å². The zero-order valence-electron chi connectivity index (χ0n) is 15.8. The summed E-state index contributed by atoms with van der Waals surface area (Å²) in [5.74, 6) is -0.165. The predicted molar refractivity (Wildman–Crippen MR) is 99.4 cm³/mol. The molecule has 1 amide bonds. The minimum atomic E-state index is -0.405. The maximum atomic E-state index is 14.1. The van der Waals surface area contributed by atoms with Crippen molar-refractivity contribution in [2.75, 3.05) is 33.4 Å². The van der Waals surface area contributed by atoms with E-state index in [1.807, 2.05) is 6.92 Å². The third kappa shape index (κ3) is 4.33. The van der Waals surface area contributed by atoms with Gasteiger partial charge in [0.2, 0.25) is 5.82 Å². The third-order valence-electron chi connectivity index (χ3n) is 5.01. The number of hydrogen-bond donors (Lipinski definition) is 2. The number of ether oxygens (including phenoxy) is 1. The van der Waals surface area contributed by atoms with Crippen LogP contribution < -0.4 is 10.6 Å². The molecule has 1 saturated heterocycles. The minimum absolute atomic E-state index is 0.0524. The Morgan fingerprint density at radius 2 is 2.11 bits per heavy atom. The first-order chi connectivity index (χ1) is 13.1. The molecule has 3 rings (SSSR count). The van der Waals surface area contributed by atoms with Crippen LogP contribution in [0.4, 0.5) is 4.39 Å². The van der Waals surface area contributed by atoms with Gasteiger partial charge in [-0.25, -0.2) is 14.1 Å². The van der Waals surface area contributed by atoms with Gasteiger partial charge in [-0.2, -0.15) is 0 Å². The molecule has 1 aromatic carbocycles. The van der Waals surface area contributed by atoms with Crippen LogP contribution in [0, 0.1) is 11.2 Å². The summed E-state index contributed by atoms with van der Waals surface area (Å²) < 4.78 is 20.9. The molecule has 2 aromatic rings. The summed E-state index contributed by atoms with van der Waals surface area (Å²) in [6.45, 7) is 4.79. The van der Waals surface area contributed by atoms with Gasteiger partial charge < -0.3 is 15.4 Å². The fourth-order valence-electron chi connectivity index (χ4n) is 3.47. The lowest BCUT2D eigenvalue weighted by Gasteiger charge is -2.37. The number of hydrogen-bond acceptors (Lipinski definition) is 5. The van der Waals surface area contributed by atoms with E-state index >= 15 is 0 Å². The second kappa shape index (κ2) is 8.58. The van der Waals surface area contributed by atoms with Crippen LogP contribution in [-0.4, -0.2) is 54.0 Å². The molecule has 1 fully saturated rings. The van der Waals surface area contributed by atoms with Crippen LogP contribution in [0.3, 0.4) is 0 Å². The van der Waals surface area contributed by atoms with Crippen LogP contribution in [0.1, 0.15) is 36.2 Å². The molecule has 2 heterocycles. The van der Waals surface area contributed by atoms with Crippen LogP contribution in [0.5, 0.6) is 0 Å². The maximum absolute atomic E-state index is 14.1. The van der Waals surface area contributed by atoms with Crippen molar-refractivity contribution in [3.8, 4) is 5.69 Å². The van der Waals surface area contributed by atoms with Crippen molar-refractivity contribution in [2.45, 2.75) is 26.2 Å². The van der Waals surface area contributed by atoms with Crippen LogP contribution >= 0.6 is 0 Å². The number of nitrogens with zero attached hydrogens (tertiary/aromatic N) is 3. The Morgan fingerprint density at radius 1 is 1.37 bits per heavy atom. The fraction of sp³-hybridized carbons (Fsp3) is 0.526. The standard InChI is InChI=1S/C19H26FN5O2/c1-3-16-23-17(24-25(16)15-7-5-4-6-14(15)20)18(26)22-12-19(13-27-2)8-10-21-11-9-19/h4-7,21H,3,8-13H2,1-2H3,(H,22,26). The highest BCUT2D eigenvalue weighted by atomic mass is 19.1. The summed E-state index contributed by atoms with van der Waals surface area (Å²) >= 11 is 0. The van der Waals surface area contributed by atoms with Gasteiger partial charge in [0.05, 0.1) is 6.61 Å². The largest absolute Gasteiger partial charge is 0.384 e. The molecule has 0 spiro atoms. The maximum Gasteiger partial charge on any atom is 0.291 e. The second-order valence-corrected chi connectivity index (χ2v) is 6.93. The topological polar surface area (TPSA) is 81.1 Å². The molecule has 8 heteroatoms. The van der Waals surface area contributed by atoms with E-state index in [1.54, 1.807) is 25.3 Å². The molecule has 1 aliphatic rings. The Morgan fingerprint density at radius 3 is 2.78 bits per heavy atom. The van der Waals surface area contributed by atoms with Crippen LogP contribution in [0.2, 0.25) is 0 Å². The summed E-state index contributed by atoms with van der Waals surface area (Å²) in [6, 6.07) is 6.32. The summed E-state index contributed by atoms with van der Waals surface area (Å²) in [5, 5.41) is 10.5. The Bertz CT molecular complexity index is 781. The lowest BCUT2D eigenvalue weighted by atomic mass is 9.79. The second-order valence-electron chi connectivity index (χ2n) is 6.93. The van der Waals surface area contributed by atoms with Gasteiger partial charge in [0.25, 0.3) is 5.91 Å². The quantitative estimate of drug-likeness (QED) is 0.770. The number of carbonyl (C=O) groups excluding carboxylic acids is 1. The number of halogens is 1. The lowest BCUT2D eigenvalue weighted by molar-refractivity contribution is 0.0509. The molecule has 2 N–H and O–H groups in total. The van der Waals surface area contributed by atoms with Crippen molar-refractivity contribution in [3.05, 3.63) is 41.7 Å². The third-order valence-corrected chi connectivity index (χ3v) is 5.01. The minimum Gasteiger partial charge on any atom is -0.384 e. The van der Waals surface area contributed by atoms with E-state index in [0.717, 1.165) is 25.9 Å². The SMILES string of the molecule is CCc1nc(C(=O)NCC2(COC)CCNCC2)nn1-c1ccccc1F. The van der Waals surface area contributed by atoms with Crippen LogP contribution in [-0.2, 0) is 11.2 Å². The molecule has 27 heavy (non-hydrogen) atoms. The first kappa shape index (κ1) is 19.4. The van der Waals surface area contributed by atoms with Gasteiger partial charge in [0.15, 0.2) is 0 Å². The summed E-state index contributed by atoms with van der Waals surface area (Å²) in [5.41, 5.74) is 0.201. The summed E-state index contributed by atoms with van der Waals surface area (Å²) in [7, 11) is 1.68. The van der Waals surface area contributed by atoms with Crippen molar-refractivity contribution in [3.63, 3.8) is 0 Å².